The fourth-order valence-electron chi connectivity index (χ4n) is 1.40. The van der Waals surface area contributed by atoms with Crippen LogP contribution in [0.2, 0.25) is 5.02 Å². The molecule has 18 heavy (non-hydrogen) atoms. The molecule has 0 bridgehead atoms. The van der Waals surface area contributed by atoms with Gasteiger partial charge in [0.25, 0.3) is 5.69 Å². The van der Waals surface area contributed by atoms with Gasteiger partial charge in [-0.2, -0.15) is 0 Å². The van der Waals surface area contributed by atoms with E-state index >= 15 is 0 Å². The van der Waals surface area contributed by atoms with Crippen LogP contribution in [0, 0.1) is 22.5 Å². The molecule has 0 amide bonds. The summed E-state index contributed by atoms with van der Waals surface area (Å²) < 4.78 is 1.37. The highest BCUT2D eigenvalue weighted by molar-refractivity contribution is 6.32. The van der Waals surface area contributed by atoms with Crippen LogP contribution in [0.4, 0.5) is 5.69 Å². The number of nitro groups is 1. The molecule has 90 valence electrons. The molecule has 0 aliphatic heterocycles. The van der Waals surface area contributed by atoms with Gasteiger partial charge in [0.05, 0.1) is 4.92 Å². The number of tetrazole rings is 1. The van der Waals surface area contributed by atoms with Crippen molar-refractivity contribution in [1.29, 1.82) is 0 Å². The smallest absolute Gasteiger partial charge is 0.258 e. The van der Waals surface area contributed by atoms with Crippen molar-refractivity contribution in [3.05, 3.63) is 33.3 Å². The van der Waals surface area contributed by atoms with Crippen molar-refractivity contribution in [2.24, 2.45) is 0 Å². The van der Waals surface area contributed by atoms with Gasteiger partial charge in [-0.25, -0.2) is 4.68 Å². The number of nitrogens with zero attached hydrogens (tertiary/aromatic N) is 5. The van der Waals surface area contributed by atoms with Crippen LogP contribution in [0.5, 0.6) is 0 Å². The molecule has 0 spiro atoms. The Bertz CT molecular complexity index is 646. The van der Waals surface area contributed by atoms with Crippen LogP contribution in [0.1, 0.15) is 0 Å². The Morgan fingerprint density at radius 3 is 3.00 bits per heavy atom. The number of hydrogen-bond donors (Lipinski definition) is 0. The lowest BCUT2D eigenvalue weighted by Gasteiger charge is -2.01. The third-order valence-electron chi connectivity index (χ3n) is 2.17. The molecular formula is C10H6ClN5O2. The van der Waals surface area contributed by atoms with Gasteiger partial charge < -0.3 is 0 Å². The first kappa shape index (κ1) is 12.0. The second-order valence-electron chi connectivity index (χ2n) is 3.29. The lowest BCUT2D eigenvalue weighted by molar-refractivity contribution is -0.384. The number of aromatic nitrogens is 4. The van der Waals surface area contributed by atoms with Crippen molar-refractivity contribution < 1.29 is 4.92 Å². The Labute approximate surface area is 107 Å². The molecule has 1 heterocycles. The van der Waals surface area contributed by atoms with Gasteiger partial charge in [-0.05, 0) is 22.6 Å². The van der Waals surface area contributed by atoms with Gasteiger partial charge in [0, 0.05) is 11.6 Å². The maximum Gasteiger partial charge on any atom is 0.288 e. The summed E-state index contributed by atoms with van der Waals surface area (Å²) in [5, 5.41) is 21.8. The highest BCUT2D eigenvalue weighted by atomic mass is 35.5. The number of rotatable bonds is 3. The average Bonchev–Trinajstić information content (AvgIpc) is 2.78. The van der Waals surface area contributed by atoms with Crippen molar-refractivity contribution in [2.45, 2.75) is 6.54 Å². The zero-order valence-corrected chi connectivity index (χ0v) is 9.70. The molecule has 0 saturated heterocycles. The minimum Gasteiger partial charge on any atom is -0.258 e. The number of halogens is 1. The molecule has 0 aliphatic rings. The van der Waals surface area contributed by atoms with E-state index < -0.39 is 4.92 Å². The second-order valence-corrected chi connectivity index (χ2v) is 3.69. The van der Waals surface area contributed by atoms with Crippen molar-refractivity contribution in [1.82, 2.24) is 20.2 Å². The van der Waals surface area contributed by atoms with Crippen LogP contribution in [0.25, 0.3) is 11.4 Å². The number of nitro benzene ring substituents is 1. The van der Waals surface area contributed by atoms with Gasteiger partial charge in [-0.1, -0.05) is 17.5 Å². The Morgan fingerprint density at radius 1 is 1.56 bits per heavy atom. The van der Waals surface area contributed by atoms with Crippen molar-refractivity contribution in [2.75, 3.05) is 0 Å². The van der Waals surface area contributed by atoms with Crippen molar-refractivity contribution in [3.8, 4) is 23.7 Å². The lowest BCUT2D eigenvalue weighted by atomic mass is 10.2. The number of hydrogen-bond acceptors (Lipinski definition) is 5. The highest BCUT2D eigenvalue weighted by Gasteiger charge is 2.16. The van der Waals surface area contributed by atoms with E-state index in [1.165, 1.54) is 16.8 Å². The van der Waals surface area contributed by atoms with Gasteiger partial charge in [0.15, 0.2) is 5.82 Å². The Balaban J connectivity index is 2.52. The first-order chi connectivity index (χ1) is 8.63. The van der Waals surface area contributed by atoms with Gasteiger partial charge in [-0.3, -0.25) is 10.1 Å². The quantitative estimate of drug-likeness (QED) is 0.476. The zero-order chi connectivity index (χ0) is 13.1. The zero-order valence-electron chi connectivity index (χ0n) is 8.95. The van der Waals surface area contributed by atoms with E-state index in [4.69, 9.17) is 18.0 Å². The Morgan fingerprint density at radius 2 is 2.33 bits per heavy atom. The third kappa shape index (κ3) is 2.14. The van der Waals surface area contributed by atoms with Crippen molar-refractivity contribution >= 4 is 17.3 Å². The summed E-state index contributed by atoms with van der Waals surface area (Å²) in [5.74, 6) is 2.74. The van der Waals surface area contributed by atoms with E-state index in [1.807, 2.05) is 0 Å². The Hall–Kier alpha value is -2.46. The second kappa shape index (κ2) is 4.81. The monoisotopic (exact) mass is 263 g/mol. The molecule has 1 aromatic heterocycles. The fraction of sp³-hybridized carbons (Fsp3) is 0.100. The summed E-state index contributed by atoms with van der Waals surface area (Å²) in [6, 6.07) is 4.32. The van der Waals surface area contributed by atoms with E-state index in [2.05, 4.69) is 21.4 Å². The summed E-state index contributed by atoms with van der Waals surface area (Å²) in [6.45, 7) is 0.179. The van der Waals surface area contributed by atoms with Crippen LogP contribution in [-0.2, 0) is 6.54 Å². The molecule has 0 fully saturated rings. The van der Waals surface area contributed by atoms with Gasteiger partial charge in [0.2, 0.25) is 0 Å². The predicted molar refractivity (Wildman–Crippen MR) is 63.8 cm³/mol. The normalized spacial score (nSPS) is 10.0. The number of benzene rings is 1. The minimum atomic E-state index is -0.568. The predicted octanol–water partition coefficient (Wildman–Crippen LogP) is 1.53. The fourth-order valence-corrected chi connectivity index (χ4v) is 1.58. The molecule has 0 atom stereocenters. The maximum absolute atomic E-state index is 10.8. The van der Waals surface area contributed by atoms with Gasteiger partial charge in [-0.15, -0.1) is 11.5 Å². The molecule has 0 saturated carbocycles. The molecular weight excluding hydrogens is 258 g/mol. The third-order valence-corrected chi connectivity index (χ3v) is 2.49. The van der Waals surface area contributed by atoms with Crippen LogP contribution in [0.3, 0.4) is 0 Å². The molecule has 0 radical (unpaired) electrons. The molecule has 2 rings (SSSR count). The van der Waals surface area contributed by atoms with E-state index in [1.54, 1.807) is 6.07 Å². The molecule has 0 N–H and O–H groups in total. The molecule has 0 unspecified atom stereocenters. The van der Waals surface area contributed by atoms with E-state index in [-0.39, 0.29) is 17.3 Å². The summed E-state index contributed by atoms with van der Waals surface area (Å²) in [7, 11) is 0. The molecule has 0 aliphatic carbocycles. The van der Waals surface area contributed by atoms with Crippen LogP contribution in [-0.4, -0.2) is 25.1 Å². The van der Waals surface area contributed by atoms with Crippen LogP contribution < -0.4 is 0 Å². The topological polar surface area (TPSA) is 86.7 Å². The SMILES string of the molecule is C#CCn1nnnc1-c1ccc(Cl)c([N+](=O)[O-])c1. The van der Waals surface area contributed by atoms with Crippen molar-refractivity contribution in [3.63, 3.8) is 0 Å². The first-order valence-corrected chi connectivity index (χ1v) is 5.15. The maximum atomic E-state index is 10.8. The van der Waals surface area contributed by atoms with Crippen LogP contribution in [0.15, 0.2) is 18.2 Å². The van der Waals surface area contributed by atoms with Crippen LogP contribution >= 0.6 is 11.6 Å². The molecule has 1 aromatic carbocycles. The first-order valence-electron chi connectivity index (χ1n) is 4.77. The van der Waals surface area contributed by atoms with E-state index in [0.717, 1.165) is 0 Å². The summed E-state index contributed by atoms with van der Waals surface area (Å²) in [4.78, 5) is 10.2. The lowest BCUT2D eigenvalue weighted by Crippen LogP contribution is -2.01. The summed E-state index contributed by atoms with van der Waals surface area (Å²) in [6.07, 6.45) is 5.17. The summed E-state index contributed by atoms with van der Waals surface area (Å²) >= 11 is 5.72. The molecule has 7 nitrogen and oxygen atoms in total. The Kier molecular flexibility index (Phi) is 3.21. The van der Waals surface area contributed by atoms with E-state index in [9.17, 15) is 10.1 Å². The number of terminal acetylenes is 1. The highest BCUT2D eigenvalue weighted by Crippen LogP contribution is 2.28. The largest absolute Gasteiger partial charge is 0.288 e. The van der Waals surface area contributed by atoms with Gasteiger partial charge >= 0.3 is 0 Å². The summed E-state index contributed by atoms with van der Waals surface area (Å²) in [5.41, 5.74) is 0.274. The molecule has 8 heteroatoms. The minimum absolute atomic E-state index is 0.0553. The average molecular weight is 264 g/mol. The molecule has 2 aromatic rings. The standard InChI is InChI=1S/C10H6ClN5O2/c1-2-5-15-10(12-13-14-15)7-3-4-8(11)9(6-7)16(17)18/h1,3-4,6H,5H2. The van der Waals surface area contributed by atoms with E-state index in [0.29, 0.717) is 11.4 Å². The van der Waals surface area contributed by atoms with Gasteiger partial charge in [0.1, 0.15) is 11.6 Å².